The van der Waals surface area contributed by atoms with E-state index in [9.17, 15) is 9.59 Å². The van der Waals surface area contributed by atoms with E-state index in [1.54, 1.807) is 24.3 Å². The van der Waals surface area contributed by atoms with Crippen LogP contribution >= 0.6 is 11.6 Å². The SMILES string of the molecule is O=C(NCCC(O)C(=O)O)c1ccc(Cl)cc1. The first-order chi connectivity index (χ1) is 8.00. The molecule has 0 radical (unpaired) electrons. The van der Waals surface area contributed by atoms with Gasteiger partial charge in [0, 0.05) is 23.6 Å². The number of aliphatic hydroxyl groups excluding tert-OH is 1. The molecule has 1 atom stereocenters. The van der Waals surface area contributed by atoms with E-state index >= 15 is 0 Å². The first-order valence-electron chi connectivity index (χ1n) is 4.95. The van der Waals surface area contributed by atoms with Crippen molar-refractivity contribution in [3.63, 3.8) is 0 Å². The van der Waals surface area contributed by atoms with Gasteiger partial charge >= 0.3 is 5.97 Å². The van der Waals surface area contributed by atoms with Gasteiger partial charge in [0.1, 0.15) is 0 Å². The topological polar surface area (TPSA) is 86.6 Å². The van der Waals surface area contributed by atoms with Crippen molar-refractivity contribution in [2.45, 2.75) is 12.5 Å². The van der Waals surface area contributed by atoms with Gasteiger partial charge in [-0.25, -0.2) is 4.79 Å². The second kappa shape index (κ2) is 6.22. The summed E-state index contributed by atoms with van der Waals surface area (Å²) in [6.45, 7) is 0.0922. The van der Waals surface area contributed by atoms with Crippen molar-refractivity contribution in [1.29, 1.82) is 0 Å². The third kappa shape index (κ3) is 4.42. The molecule has 0 heterocycles. The first kappa shape index (κ1) is 13.5. The Bertz CT molecular complexity index is 404. The molecule has 0 aliphatic heterocycles. The van der Waals surface area contributed by atoms with E-state index in [1.165, 1.54) is 0 Å². The molecule has 1 unspecified atom stereocenters. The number of carbonyl (C=O) groups excluding carboxylic acids is 1. The minimum absolute atomic E-state index is 0.0331. The van der Waals surface area contributed by atoms with Gasteiger partial charge in [0.05, 0.1) is 0 Å². The highest BCUT2D eigenvalue weighted by atomic mass is 35.5. The number of benzene rings is 1. The predicted molar refractivity (Wildman–Crippen MR) is 62.0 cm³/mol. The lowest BCUT2D eigenvalue weighted by Crippen LogP contribution is -2.29. The summed E-state index contributed by atoms with van der Waals surface area (Å²) in [4.78, 5) is 21.8. The first-order valence-corrected chi connectivity index (χ1v) is 5.33. The average molecular weight is 258 g/mol. The third-order valence-corrected chi connectivity index (χ3v) is 2.35. The zero-order valence-corrected chi connectivity index (χ0v) is 9.65. The quantitative estimate of drug-likeness (QED) is 0.732. The van der Waals surface area contributed by atoms with Gasteiger partial charge in [0.15, 0.2) is 6.10 Å². The normalized spacial score (nSPS) is 11.9. The standard InChI is InChI=1S/C11H12ClNO4/c12-8-3-1-7(2-4-8)10(15)13-6-5-9(14)11(16)17/h1-4,9,14H,5-6H2,(H,13,15)(H,16,17). The molecule has 0 fully saturated rings. The monoisotopic (exact) mass is 257 g/mol. The van der Waals surface area contributed by atoms with E-state index in [4.69, 9.17) is 21.8 Å². The summed E-state index contributed by atoms with van der Waals surface area (Å²) >= 11 is 5.67. The highest BCUT2D eigenvalue weighted by molar-refractivity contribution is 6.30. The van der Waals surface area contributed by atoms with Crippen LogP contribution in [0.25, 0.3) is 0 Å². The molecular formula is C11H12ClNO4. The van der Waals surface area contributed by atoms with Crippen molar-refractivity contribution in [3.05, 3.63) is 34.9 Å². The van der Waals surface area contributed by atoms with Gasteiger partial charge in [0.2, 0.25) is 0 Å². The van der Waals surface area contributed by atoms with Crippen molar-refractivity contribution in [2.75, 3.05) is 6.54 Å². The maximum atomic E-state index is 11.5. The average Bonchev–Trinajstić information content (AvgIpc) is 2.29. The molecule has 0 aliphatic rings. The third-order valence-electron chi connectivity index (χ3n) is 2.09. The molecule has 17 heavy (non-hydrogen) atoms. The Morgan fingerprint density at radius 3 is 2.41 bits per heavy atom. The van der Waals surface area contributed by atoms with Crippen LogP contribution in [0, 0.1) is 0 Å². The zero-order valence-electron chi connectivity index (χ0n) is 8.89. The van der Waals surface area contributed by atoms with Crippen LogP contribution in [0.3, 0.4) is 0 Å². The zero-order chi connectivity index (χ0) is 12.8. The summed E-state index contributed by atoms with van der Waals surface area (Å²) in [5.41, 5.74) is 0.430. The molecule has 3 N–H and O–H groups in total. The Hall–Kier alpha value is -1.59. The van der Waals surface area contributed by atoms with Crippen LogP contribution in [0.1, 0.15) is 16.8 Å². The van der Waals surface area contributed by atoms with E-state index in [1.807, 2.05) is 0 Å². The van der Waals surface area contributed by atoms with Crippen molar-refractivity contribution in [3.8, 4) is 0 Å². The number of carboxylic acids is 1. The minimum Gasteiger partial charge on any atom is -0.479 e. The van der Waals surface area contributed by atoms with Gasteiger partial charge in [-0.2, -0.15) is 0 Å². The van der Waals surface area contributed by atoms with Crippen molar-refractivity contribution in [2.24, 2.45) is 0 Å². The molecule has 5 nitrogen and oxygen atoms in total. The summed E-state index contributed by atoms with van der Waals surface area (Å²) in [6.07, 6.45) is -1.49. The van der Waals surface area contributed by atoms with Gasteiger partial charge in [-0.15, -0.1) is 0 Å². The molecule has 6 heteroatoms. The molecule has 92 valence electrons. The maximum absolute atomic E-state index is 11.5. The second-order valence-electron chi connectivity index (χ2n) is 3.41. The van der Waals surface area contributed by atoms with Crippen LogP contribution < -0.4 is 5.32 Å². The summed E-state index contributed by atoms with van der Waals surface area (Å²) in [5.74, 6) is -1.63. The van der Waals surface area contributed by atoms with Crippen molar-refractivity contribution < 1.29 is 19.8 Å². The lowest BCUT2D eigenvalue weighted by molar-refractivity contribution is -0.146. The van der Waals surface area contributed by atoms with E-state index in [0.717, 1.165) is 0 Å². The van der Waals surface area contributed by atoms with E-state index in [0.29, 0.717) is 10.6 Å². The van der Waals surface area contributed by atoms with Gasteiger partial charge in [-0.05, 0) is 24.3 Å². The molecule has 0 aliphatic carbocycles. The minimum atomic E-state index is -1.46. The molecule has 1 aromatic rings. The van der Waals surface area contributed by atoms with Gasteiger partial charge < -0.3 is 15.5 Å². The number of amides is 1. The van der Waals surface area contributed by atoms with Crippen molar-refractivity contribution in [1.82, 2.24) is 5.32 Å². The number of aliphatic carboxylic acids is 1. The Balaban J connectivity index is 2.40. The van der Waals surface area contributed by atoms with Crippen LogP contribution in [-0.2, 0) is 4.79 Å². The van der Waals surface area contributed by atoms with Crippen molar-refractivity contribution >= 4 is 23.5 Å². The summed E-state index contributed by atoms with van der Waals surface area (Å²) < 4.78 is 0. The van der Waals surface area contributed by atoms with Crippen LogP contribution in [0.15, 0.2) is 24.3 Å². The Morgan fingerprint density at radius 2 is 1.88 bits per heavy atom. The summed E-state index contributed by atoms with van der Waals surface area (Å²) in [6, 6.07) is 6.29. The van der Waals surface area contributed by atoms with E-state index in [-0.39, 0.29) is 18.9 Å². The number of rotatable bonds is 5. The summed E-state index contributed by atoms with van der Waals surface area (Å²) in [5, 5.41) is 20.4. The molecular weight excluding hydrogens is 246 g/mol. The van der Waals surface area contributed by atoms with E-state index in [2.05, 4.69) is 5.32 Å². The number of halogens is 1. The number of aliphatic hydroxyl groups is 1. The molecule has 0 saturated carbocycles. The van der Waals surface area contributed by atoms with Crippen LogP contribution in [0.4, 0.5) is 0 Å². The number of carboxylic acid groups (broad SMARTS) is 1. The molecule has 1 aromatic carbocycles. The predicted octanol–water partition coefficient (Wildman–Crippen LogP) is 0.905. The Kier molecular flexibility index (Phi) is 4.93. The lowest BCUT2D eigenvalue weighted by atomic mass is 10.2. The Labute approximate surface area is 103 Å². The van der Waals surface area contributed by atoms with Crippen LogP contribution in [0.2, 0.25) is 5.02 Å². The highest BCUT2D eigenvalue weighted by Gasteiger charge is 2.13. The maximum Gasteiger partial charge on any atom is 0.332 e. The smallest absolute Gasteiger partial charge is 0.332 e. The second-order valence-corrected chi connectivity index (χ2v) is 3.84. The number of nitrogens with one attached hydrogen (secondary N) is 1. The fourth-order valence-corrected chi connectivity index (χ4v) is 1.28. The highest BCUT2D eigenvalue weighted by Crippen LogP contribution is 2.09. The fraction of sp³-hybridized carbons (Fsp3) is 0.273. The van der Waals surface area contributed by atoms with Crippen LogP contribution in [-0.4, -0.2) is 34.7 Å². The molecule has 0 saturated heterocycles. The van der Waals surface area contributed by atoms with E-state index < -0.39 is 12.1 Å². The largest absolute Gasteiger partial charge is 0.479 e. The van der Waals surface area contributed by atoms with Crippen LogP contribution in [0.5, 0.6) is 0 Å². The lowest BCUT2D eigenvalue weighted by Gasteiger charge is -2.07. The van der Waals surface area contributed by atoms with Gasteiger partial charge in [-0.3, -0.25) is 4.79 Å². The molecule has 0 bridgehead atoms. The molecule has 0 spiro atoms. The fourth-order valence-electron chi connectivity index (χ4n) is 1.15. The number of hydrogen-bond acceptors (Lipinski definition) is 3. The van der Waals surface area contributed by atoms with Gasteiger partial charge in [-0.1, -0.05) is 11.6 Å². The summed E-state index contributed by atoms with van der Waals surface area (Å²) in [7, 11) is 0. The molecule has 0 aromatic heterocycles. The Morgan fingerprint density at radius 1 is 1.29 bits per heavy atom. The molecule has 1 amide bonds. The number of carbonyl (C=O) groups is 2. The number of hydrogen-bond donors (Lipinski definition) is 3. The molecule has 1 rings (SSSR count). The van der Waals surface area contributed by atoms with Gasteiger partial charge in [0.25, 0.3) is 5.91 Å².